The molecule has 0 aromatic heterocycles. The Morgan fingerprint density at radius 1 is 1.30 bits per heavy atom. The van der Waals surface area contributed by atoms with Crippen LogP contribution >= 0.6 is 0 Å². The monoisotopic (exact) mass is 333 g/mol. The molecule has 1 aromatic rings. The van der Waals surface area contributed by atoms with Crippen molar-refractivity contribution in [2.45, 2.75) is 19.5 Å². The van der Waals surface area contributed by atoms with Gasteiger partial charge in [0, 0.05) is 19.8 Å². The van der Waals surface area contributed by atoms with Gasteiger partial charge in [0.25, 0.3) is 0 Å². The number of hydrogen-bond acceptors (Lipinski definition) is 3. The summed E-state index contributed by atoms with van der Waals surface area (Å²) in [7, 11) is 0. The molecule has 23 heavy (non-hydrogen) atoms. The second kappa shape index (κ2) is 9.94. The van der Waals surface area contributed by atoms with E-state index in [1.165, 1.54) is 12.1 Å². The van der Waals surface area contributed by atoms with E-state index in [1.807, 2.05) is 6.92 Å². The normalized spacial score (nSPS) is 12.3. The van der Waals surface area contributed by atoms with Crippen LogP contribution in [0, 0.1) is 0 Å². The SMILES string of the molecule is CCOCCCN=C(N)NCCOc1cccc(C(F)(F)F)c1. The number of benzene rings is 1. The van der Waals surface area contributed by atoms with Gasteiger partial charge in [-0.15, -0.1) is 0 Å². The first kappa shape index (κ1) is 19.1. The molecule has 1 aromatic carbocycles. The Kier molecular flexibility index (Phi) is 8.25. The lowest BCUT2D eigenvalue weighted by molar-refractivity contribution is -0.137. The van der Waals surface area contributed by atoms with Crippen LogP contribution in [-0.4, -0.2) is 38.9 Å². The first-order chi connectivity index (χ1) is 10.9. The van der Waals surface area contributed by atoms with Crippen LogP contribution in [0.4, 0.5) is 13.2 Å². The summed E-state index contributed by atoms with van der Waals surface area (Å²) >= 11 is 0. The molecule has 5 nitrogen and oxygen atoms in total. The van der Waals surface area contributed by atoms with Crippen LogP contribution in [0.2, 0.25) is 0 Å². The Morgan fingerprint density at radius 3 is 2.78 bits per heavy atom. The fraction of sp³-hybridized carbons (Fsp3) is 0.533. The minimum atomic E-state index is -4.38. The summed E-state index contributed by atoms with van der Waals surface area (Å²) in [5, 5.41) is 2.83. The summed E-state index contributed by atoms with van der Waals surface area (Å²) in [5.41, 5.74) is 4.91. The largest absolute Gasteiger partial charge is 0.492 e. The van der Waals surface area contributed by atoms with Crippen molar-refractivity contribution in [1.29, 1.82) is 0 Å². The summed E-state index contributed by atoms with van der Waals surface area (Å²) in [6, 6.07) is 4.74. The van der Waals surface area contributed by atoms with E-state index in [0.29, 0.717) is 26.3 Å². The zero-order valence-electron chi connectivity index (χ0n) is 13.0. The van der Waals surface area contributed by atoms with Crippen LogP contribution in [0.3, 0.4) is 0 Å². The quantitative estimate of drug-likeness (QED) is 0.414. The summed E-state index contributed by atoms with van der Waals surface area (Å²) in [6.07, 6.45) is -3.60. The Hall–Kier alpha value is -1.96. The van der Waals surface area contributed by atoms with Crippen LogP contribution in [0.25, 0.3) is 0 Å². The maximum absolute atomic E-state index is 12.5. The van der Waals surface area contributed by atoms with Crippen molar-refractivity contribution >= 4 is 5.96 Å². The fourth-order valence-corrected chi connectivity index (χ4v) is 1.68. The Labute approximate surface area is 133 Å². The number of rotatable bonds is 9. The number of alkyl halides is 3. The van der Waals surface area contributed by atoms with Crippen LogP contribution in [-0.2, 0) is 10.9 Å². The molecule has 0 spiro atoms. The van der Waals surface area contributed by atoms with E-state index in [0.717, 1.165) is 18.6 Å². The van der Waals surface area contributed by atoms with E-state index < -0.39 is 11.7 Å². The highest BCUT2D eigenvalue weighted by molar-refractivity contribution is 5.77. The molecule has 8 heteroatoms. The van der Waals surface area contributed by atoms with E-state index in [2.05, 4.69) is 10.3 Å². The smallest absolute Gasteiger partial charge is 0.416 e. The van der Waals surface area contributed by atoms with Gasteiger partial charge in [0.15, 0.2) is 5.96 Å². The maximum Gasteiger partial charge on any atom is 0.416 e. The van der Waals surface area contributed by atoms with Crippen molar-refractivity contribution in [3.05, 3.63) is 29.8 Å². The van der Waals surface area contributed by atoms with Crippen LogP contribution in [0.5, 0.6) is 5.75 Å². The van der Waals surface area contributed by atoms with E-state index in [4.69, 9.17) is 15.2 Å². The molecule has 0 bridgehead atoms. The summed E-state index contributed by atoms with van der Waals surface area (Å²) in [5.74, 6) is 0.433. The third kappa shape index (κ3) is 8.29. The molecular weight excluding hydrogens is 311 g/mol. The fourth-order valence-electron chi connectivity index (χ4n) is 1.68. The van der Waals surface area contributed by atoms with Crippen LogP contribution in [0.15, 0.2) is 29.3 Å². The van der Waals surface area contributed by atoms with Gasteiger partial charge in [-0.25, -0.2) is 0 Å². The molecule has 0 amide bonds. The Bertz CT molecular complexity index is 493. The van der Waals surface area contributed by atoms with Crippen molar-refractivity contribution in [2.75, 3.05) is 32.9 Å². The topological polar surface area (TPSA) is 68.9 Å². The molecule has 0 aliphatic heterocycles. The lowest BCUT2D eigenvalue weighted by Crippen LogP contribution is -2.34. The summed E-state index contributed by atoms with van der Waals surface area (Å²) < 4.78 is 48.1. The highest BCUT2D eigenvalue weighted by Gasteiger charge is 2.30. The number of ether oxygens (including phenoxy) is 2. The summed E-state index contributed by atoms with van der Waals surface area (Å²) in [6.45, 7) is 4.29. The van der Waals surface area contributed by atoms with Gasteiger partial charge in [0.05, 0.1) is 12.1 Å². The average Bonchev–Trinajstić information content (AvgIpc) is 2.51. The van der Waals surface area contributed by atoms with Gasteiger partial charge in [0.1, 0.15) is 12.4 Å². The molecule has 0 saturated heterocycles. The average molecular weight is 333 g/mol. The molecule has 0 atom stereocenters. The van der Waals surface area contributed by atoms with Gasteiger partial charge in [-0.1, -0.05) is 6.07 Å². The van der Waals surface area contributed by atoms with Gasteiger partial charge in [-0.05, 0) is 31.5 Å². The molecule has 0 saturated carbocycles. The lowest BCUT2D eigenvalue weighted by atomic mass is 10.2. The molecule has 130 valence electrons. The van der Waals surface area contributed by atoms with Crippen LogP contribution in [0.1, 0.15) is 18.9 Å². The minimum Gasteiger partial charge on any atom is -0.492 e. The lowest BCUT2D eigenvalue weighted by Gasteiger charge is -2.11. The highest BCUT2D eigenvalue weighted by Crippen LogP contribution is 2.31. The van der Waals surface area contributed by atoms with E-state index in [1.54, 1.807) is 0 Å². The van der Waals surface area contributed by atoms with Gasteiger partial charge in [0.2, 0.25) is 0 Å². The van der Waals surface area contributed by atoms with E-state index in [-0.39, 0.29) is 18.3 Å². The molecule has 0 radical (unpaired) electrons. The zero-order chi connectivity index (χ0) is 17.1. The first-order valence-electron chi connectivity index (χ1n) is 7.35. The molecular formula is C15H22F3N3O2. The molecule has 3 N–H and O–H groups in total. The van der Waals surface area contributed by atoms with Crippen molar-refractivity contribution in [1.82, 2.24) is 5.32 Å². The number of hydrogen-bond donors (Lipinski definition) is 2. The molecule has 0 aliphatic rings. The molecule has 0 aliphatic carbocycles. The third-order valence-corrected chi connectivity index (χ3v) is 2.77. The van der Waals surface area contributed by atoms with Crippen LogP contribution < -0.4 is 15.8 Å². The van der Waals surface area contributed by atoms with Crippen molar-refractivity contribution in [3.8, 4) is 5.75 Å². The number of guanidine groups is 1. The number of nitrogens with zero attached hydrogens (tertiary/aromatic N) is 1. The number of nitrogens with one attached hydrogen (secondary N) is 1. The van der Waals surface area contributed by atoms with Gasteiger partial charge < -0.3 is 20.5 Å². The predicted molar refractivity (Wildman–Crippen MR) is 82.5 cm³/mol. The standard InChI is InChI=1S/C15H22F3N3O2/c1-2-22-9-4-7-20-14(19)21-8-10-23-13-6-3-5-12(11-13)15(16,17)18/h3,5-6,11H,2,4,7-10H2,1H3,(H3,19,20,21). The van der Waals surface area contributed by atoms with Gasteiger partial charge in [-0.3, -0.25) is 4.99 Å². The van der Waals surface area contributed by atoms with E-state index >= 15 is 0 Å². The van der Waals surface area contributed by atoms with Crippen molar-refractivity contribution in [2.24, 2.45) is 10.7 Å². The first-order valence-corrected chi connectivity index (χ1v) is 7.35. The second-order valence-electron chi connectivity index (χ2n) is 4.62. The number of nitrogens with two attached hydrogens (primary N) is 1. The molecule has 0 unspecified atom stereocenters. The van der Waals surface area contributed by atoms with Crippen molar-refractivity contribution < 1.29 is 22.6 Å². The molecule has 0 fully saturated rings. The van der Waals surface area contributed by atoms with E-state index in [9.17, 15) is 13.2 Å². The number of aliphatic imine (C=N–C) groups is 1. The molecule has 1 rings (SSSR count). The predicted octanol–water partition coefficient (Wildman–Crippen LogP) is 2.42. The summed E-state index contributed by atoms with van der Waals surface area (Å²) in [4.78, 5) is 4.09. The Balaban J connectivity index is 2.25. The van der Waals surface area contributed by atoms with Gasteiger partial charge >= 0.3 is 6.18 Å². The minimum absolute atomic E-state index is 0.161. The highest BCUT2D eigenvalue weighted by atomic mass is 19.4. The Morgan fingerprint density at radius 2 is 2.09 bits per heavy atom. The number of halogens is 3. The second-order valence-corrected chi connectivity index (χ2v) is 4.62. The van der Waals surface area contributed by atoms with Gasteiger partial charge in [-0.2, -0.15) is 13.2 Å². The zero-order valence-corrected chi connectivity index (χ0v) is 13.0. The maximum atomic E-state index is 12.5. The third-order valence-electron chi connectivity index (χ3n) is 2.77. The van der Waals surface area contributed by atoms with Crippen molar-refractivity contribution in [3.63, 3.8) is 0 Å². The molecule has 0 heterocycles.